The third kappa shape index (κ3) is 2.14. The minimum atomic E-state index is 0.930. The van der Waals surface area contributed by atoms with Crippen molar-refractivity contribution in [3.05, 3.63) is 48.3 Å². The first-order valence-corrected chi connectivity index (χ1v) is 6.71. The molecule has 0 fully saturated rings. The van der Waals surface area contributed by atoms with E-state index in [2.05, 4.69) is 39.2 Å². The largest absolute Gasteiger partial charge is 0.333 e. The van der Waals surface area contributed by atoms with E-state index in [1.165, 1.54) is 5.52 Å². The molecule has 3 rings (SSSR count). The molecule has 0 aliphatic carbocycles. The molecule has 2 aromatic heterocycles. The van der Waals surface area contributed by atoms with Crippen molar-refractivity contribution >= 4 is 11.0 Å². The average Bonchev–Trinajstić information content (AvgIpc) is 2.99. The van der Waals surface area contributed by atoms with Crippen molar-refractivity contribution in [2.24, 2.45) is 0 Å². The molecule has 0 spiro atoms. The van der Waals surface area contributed by atoms with E-state index in [4.69, 9.17) is 4.98 Å². The van der Waals surface area contributed by atoms with Crippen LogP contribution in [0.2, 0.25) is 0 Å². The summed E-state index contributed by atoms with van der Waals surface area (Å²) in [6, 6.07) is 8.33. The van der Waals surface area contributed by atoms with Crippen molar-refractivity contribution < 1.29 is 0 Å². The van der Waals surface area contributed by atoms with Gasteiger partial charge in [-0.1, -0.05) is 19.1 Å². The van der Waals surface area contributed by atoms with Crippen LogP contribution in [0, 0.1) is 6.92 Å². The molecule has 4 nitrogen and oxygen atoms in total. The second-order valence-corrected chi connectivity index (χ2v) is 4.69. The molecule has 0 N–H and O–H groups in total. The van der Waals surface area contributed by atoms with Crippen LogP contribution in [0.25, 0.3) is 11.0 Å². The zero-order valence-electron chi connectivity index (χ0n) is 11.4. The number of imidazole rings is 2. The summed E-state index contributed by atoms with van der Waals surface area (Å²) >= 11 is 0. The summed E-state index contributed by atoms with van der Waals surface area (Å²) in [5.41, 5.74) is 2.30. The summed E-state index contributed by atoms with van der Waals surface area (Å²) in [5.74, 6) is 2.21. The smallest absolute Gasteiger partial charge is 0.109 e. The Balaban J connectivity index is 1.93. The Morgan fingerprint density at radius 2 is 2.00 bits per heavy atom. The molecule has 1 aromatic carbocycles. The number of hydrogen-bond acceptors (Lipinski definition) is 2. The number of benzene rings is 1. The minimum Gasteiger partial charge on any atom is -0.333 e. The molecule has 0 atom stereocenters. The van der Waals surface area contributed by atoms with Gasteiger partial charge in [-0.2, -0.15) is 0 Å². The van der Waals surface area contributed by atoms with E-state index >= 15 is 0 Å². The molecule has 0 radical (unpaired) electrons. The topological polar surface area (TPSA) is 35.6 Å². The van der Waals surface area contributed by atoms with Gasteiger partial charge in [0.25, 0.3) is 0 Å². The van der Waals surface area contributed by atoms with Gasteiger partial charge in [-0.25, -0.2) is 9.97 Å². The molecule has 3 aromatic rings. The first kappa shape index (κ1) is 12.0. The lowest BCUT2D eigenvalue weighted by Crippen LogP contribution is -2.10. The van der Waals surface area contributed by atoms with Gasteiger partial charge in [0.15, 0.2) is 0 Å². The molecule has 0 unspecified atom stereocenters. The summed E-state index contributed by atoms with van der Waals surface area (Å²) < 4.78 is 4.49. The molecule has 98 valence electrons. The minimum absolute atomic E-state index is 0.930. The van der Waals surface area contributed by atoms with Crippen molar-refractivity contribution in [1.29, 1.82) is 0 Å². The van der Waals surface area contributed by atoms with Crippen molar-refractivity contribution in [2.75, 3.05) is 0 Å². The average molecular weight is 254 g/mol. The lowest BCUT2D eigenvalue weighted by atomic mass is 10.3. The summed E-state index contributed by atoms with van der Waals surface area (Å²) in [5, 5.41) is 0. The lowest BCUT2D eigenvalue weighted by Gasteiger charge is -2.09. The second kappa shape index (κ2) is 4.88. The van der Waals surface area contributed by atoms with Crippen LogP contribution in [0.15, 0.2) is 36.7 Å². The van der Waals surface area contributed by atoms with Crippen molar-refractivity contribution in [1.82, 2.24) is 19.1 Å². The monoisotopic (exact) mass is 254 g/mol. The zero-order valence-corrected chi connectivity index (χ0v) is 11.4. The predicted molar refractivity (Wildman–Crippen MR) is 76.1 cm³/mol. The lowest BCUT2D eigenvalue weighted by molar-refractivity contribution is 0.562. The summed E-state index contributed by atoms with van der Waals surface area (Å²) in [6.45, 7) is 6.05. The van der Waals surface area contributed by atoms with E-state index in [1.807, 2.05) is 25.4 Å². The normalized spacial score (nSPS) is 11.3. The first-order valence-electron chi connectivity index (χ1n) is 6.71. The molecule has 19 heavy (non-hydrogen) atoms. The second-order valence-electron chi connectivity index (χ2n) is 4.69. The van der Waals surface area contributed by atoms with E-state index in [1.54, 1.807) is 0 Å². The van der Waals surface area contributed by atoms with E-state index in [-0.39, 0.29) is 0 Å². The maximum atomic E-state index is 4.69. The van der Waals surface area contributed by atoms with Gasteiger partial charge < -0.3 is 9.13 Å². The van der Waals surface area contributed by atoms with E-state index in [0.717, 1.165) is 36.7 Å². The number of para-hydroxylation sites is 2. The third-order valence-electron chi connectivity index (χ3n) is 3.54. The first-order chi connectivity index (χ1) is 9.29. The van der Waals surface area contributed by atoms with Gasteiger partial charge in [0.05, 0.1) is 11.0 Å². The molecule has 0 saturated heterocycles. The van der Waals surface area contributed by atoms with Crippen LogP contribution in [0.5, 0.6) is 0 Å². The third-order valence-corrected chi connectivity index (χ3v) is 3.54. The summed E-state index contributed by atoms with van der Waals surface area (Å²) in [6.07, 6.45) is 4.83. The van der Waals surface area contributed by atoms with Crippen LogP contribution in [-0.2, 0) is 19.5 Å². The van der Waals surface area contributed by atoms with Gasteiger partial charge in [0, 0.05) is 31.9 Å². The maximum Gasteiger partial charge on any atom is 0.109 e. The highest BCUT2D eigenvalue weighted by atomic mass is 15.1. The van der Waals surface area contributed by atoms with Crippen molar-refractivity contribution in [3.8, 4) is 0 Å². The Labute approximate surface area is 112 Å². The van der Waals surface area contributed by atoms with Gasteiger partial charge >= 0.3 is 0 Å². The highest BCUT2D eigenvalue weighted by Crippen LogP contribution is 2.16. The zero-order chi connectivity index (χ0) is 13.2. The van der Waals surface area contributed by atoms with Crippen molar-refractivity contribution in [3.63, 3.8) is 0 Å². The van der Waals surface area contributed by atoms with Crippen molar-refractivity contribution in [2.45, 2.75) is 33.4 Å². The van der Waals surface area contributed by atoms with Gasteiger partial charge in [-0.05, 0) is 19.1 Å². The number of aromatic nitrogens is 4. The van der Waals surface area contributed by atoms with E-state index in [0.29, 0.717) is 0 Å². The summed E-state index contributed by atoms with van der Waals surface area (Å²) in [4.78, 5) is 8.95. The fourth-order valence-electron chi connectivity index (χ4n) is 2.49. The molecular weight excluding hydrogens is 236 g/mol. The molecule has 2 heterocycles. The highest BCUT2D eigenvalue weighted by Gasteiger charge is 2.08. The maximum absolute atomic E-state index is 4.69. The van der Waals surface area contributed by atoms with Gasteiger partial charge in [0.2, 0.25) is 0 Å². The molecule has 0 aliphatic rings. The molecule has 0 amide bonds. The van der Waals surface area contributed by atoms with Gasteiger partial charge in [-0.3, -0.25) is 0 Å². The van der Waals surface area contributed by atoms with E-state index < -0.39 is 0 Å². The van der Waals surface area contributed by atoms with Crippen LogP contribution in [0.4, 0.5) is 0 Å². The highest BCUT2D eigenvalue weighted by molar-refractivity contribution is 5.75. The Hall–Kier alpha value is -2.10. The fraction of sp³-hybridized carbons (Fsp3) is 0.333. The molecule has 4 heteroatoms. The van der Waals surface area contributed by atoms with Crippen LogP contribution < -0.4 is 0 Å². The van der Waals surface area contributed by atoms with Crippen LogP contribution >= 0.6 is 0 Å². The fourth-order valence-corrected chi connectivity index (χ4v) is 2.49. The molecule has 0 aliphatic heterocycles. The number of aryl methyl sites for hydroxylation is 4. The Bertz CT molecular complexity index is 693. The molecule has 0 saturated carbocycles. The Morgan fingerprint density at radius 3 is 2.74 bits per heavy atom. The molecular formula is C15H18N4. The SMILES string of the molecule is CCc1nc2ccccc2n1CCn1ccnc1C. The Kier molecular flexibility index (Phi) is 3.07. The van der Waals surface area contributed by atoms with Gasteiger partial charge in [-0.15, -0.1) is 0 Å². The number of rotatable bonds is 4. The molecule has 0 bridgehead atoms. The van der Waals surface area contributed by atoms with Gasteiger partial charge in [0.1, 0.15) is 11.6 Å². The Morgan fingerprint density at radius 1 is 1.16 bits per heavy atom. The number of hydrogen-bond donors (Lipinski definition) is 0. The van der Waals surface area contributed by atoms with Crippen LogP contribution in [0.1, 0.15) is 18.6 Å². The van der Waals surface area contributed by atoms with E-state index in [9.17, 15) is 0 Å². The number of fused-ring (bicyclic) bond motifs is 1. The van der Waals surface area contributed by atoms with Crippen LogP contribution in [-0.4, -0.2) is 19.1 Å². The number of nitrogens with zero attached hydrogens (tertiary/aromatic N) is 4. The van der Waals surface area contributed by atoms with Crippen LogP contribution in [0.3, 0.4) is 0 Å². The predicted octanol–water partition coefficient (Wildman–Crippen LogP) is 2.80. The summed E-state index contributed by atoms with van der Waals surface area (Å²) in [7, 11) is 0. The standard InChI is InChI=1S/C15H18N4/c1-3-15-17-13-6-4-5-7-14(13)19(15)11-10-18-9-8-16-12(18)2/h4-9H,3,10-11H2,1-2H3. The quantitative estimate of drug-likeness (QED) is 0.717.